The van der Waals surface area contributed by atoms with E-state index in [-0.39, 0.29) is 10.8 Å². The third kappa shape index (κ3) is 4.28. The SMILES string of the molecule is CC(NS(=O)(=O)c1ccc2ccccc2c1)C(=O)NCc1ccccc1. The molecule has 0 fully saturated rings. The highest BCUT2D eigenvalue weighted by Gasteiger charge is 2.22. The summed E-state index contributed by atoms with van der Waals surface area (Å²) in [5.41, 5.74) is 0.949. The lowest BCUT2D eigenvalue weighted by Gasteiger charge is -2.15. The monoisotopic (exact) mass is 368 g/mol. The van der Waals surface area contributed by atoms with E-state index in [4.69, 9.17) is 0 Å². The van der Waals surface area contributed by atoms with Crippen molar-refractivity contribution in [1.29, 1.82) is 0 Å². The van der Waals surface area contributed by atoms with Gasteiger partial charge in [0.15, 0.2) is 0 Å². The Labute approximate surface area is 153 Å². The summed E-state index contributed by atoms with van der Waals surface area (Å²) in [6.45, 7) is 1.88. The van der Waals surface area contributed by atoms with Gasteiger partial charge in [-0.05, 0) is 35.4 Å². The smallest absolute Gasteiger partial charge is 0.241 e. The Bertz CT molecular complexity index is 1020. The molecule has 0 aliphatic rings. The zero-order chi connectivity index (χ0) is 18.6. The molecule has 0 aromatic heterocycles. The molecule has 3 aromatic carbocycles. The van der Waals surface area contributed by atoms with Gasteiger partial charge in [0.05, 0.1) is 10.9 Å². The molecule has 0 bridgehead atoms. The Kier molecular flexibility index (Phi) is 5.35. The molecular weight excluding hydrogens is 348 g/mol. The minimum absolute atomic E-state index is 0.138. The second-order valence-electron chi connectivity index (χ2n) is 6.06. The van der Waals surface area contributed by atoms with E-state index in [1.807, 2.05) is 54.6 Å². The largest absolute Gasteiger partial charge is 0.351 e. The maximum atomic E-state index is 12.6. The summed E-state index contributed by atoms with van der Waals surface area (Å²) in [6.07, 6.45) is 0. The van der Waals surface area contributed by atoms with Crippen LogP contribution in [0.3, 0.4) is 0 Å². The minimum atomic E-state index is -3.79. The van der Waals surface area contributed by atoms with E-state index in [1.54, 1.807) is 18.2 Å². The second kappa shape index (κ2) is 7.68. The van der Waals surface area contributed by atoms with Crippen LogP contribution in [0.25, 0.3) is 10.8 Å². The van der Waals surface area contributed by atoms with Crippen molar-refractivity contribution in [1.82, 2.24) is 10.0 Å². The topological polar surface area (TPSA) is 75.3 Å². The minimum Gasteiger partial charge on any atom is -0.351 e. The number of carbonyl (C=O) groups excluding carboxylic acids is 1. The van der Waals surface area contributed by atoms with E-state index in [9.17, 15) is 13.2 Å². The number of carbonyl (C=O) groups is 1. The van der Waals surface area contributed by atoms with Gasteiger partial charge < -0.3 is 5.32 Å². The first-order chi connectivity index (χ1) is 12.5. The van der Waals surface area contributed by atoms with Crippen molar-refractivity contribution < 1.29 is 13.2 Å². The van der Waals surface area contributed by atoms with E-state index in [2.05, 4.69) is 10.0 Å². The predicted octanol–water partition coefficient (Wildman–Crippen LogP) is 2.82. The summed E-state index contributed by atoms with van der Waals surface area (Å²) in [4.78, 5) is 12.3. The molecule has 0 aliphatic carbocycles. The molecule has 1 amide bonds. The summed E-state index contributed by atoms with van der Waals surface area (Å²) in [7, 11) is -3.79. The lowest BCUT2D eigenvalue weighted by molar-refractivity contribution is -0.122. The first-order valence-electron chi connectivity index (χ1n) is 8.28. The molecule has 0 saturated carbocycles. The standard InChI is InChI=1S/C20H20N2O3S/c1-15(20(23)21-14-16-7-3-2-4-8-16)22-26(24,25)19-12-11-17-9-5-6-10-18(17)13-19/h2-13,15,22H,14H2,1H3,(H,21,23). The maximum Gasteiger partial charge on any atom is 0.241 e. The lowest BCUT2D eigenvalue weighted by atomic mass is 10.1. The van der Waals surface area contributed by atoms with Gasteiger partial charge in [-0.15, -0.1) is 0 Å². The molecule has 134 valence electrons. The Balaban J connectivity index is 1.68. The quantitative estimate of drug-likeness (QED) is 0.702. The van der Waals surface area contributed by atoms with Crippen LogP contribution in [0, 0.1) is 0 Å². The van der Waals surface area contributed by atoms with E-state index in [0.29, 0.717) is 6.54 Å². The average Bonchev–Trinajstić information content (AvgIpc) is 2.66. The van der Waals surface area contributed by atoms with Crippen LogP contribution in [-0.2, 0) is 21.4 Å². The van der Waals surface area contributed by atoms with Crippen LogP contribution in [0.2, 0.25) is 0 Å². The van der Waals surface area contributed by atoms with Gasteiger partial charge in [0.1, 0.15) is 0 Å². The summed E-state index contributed by atoms with van der Waals surface area (Å²) in [6, 6.07) is 21.0. The molecule has 0 aliphatic heterocycles. The number of fused-ring (bicyclic) bond motifs is 1. The third-order valence-electron chi connectivity index (χ3n) is 4.07. The molecule has 1 atom stereocenters. The van der Waals surface area contributed by atoms with Crippen molar-refractivity contribution >= 4 is 26.7 Å². The first kappa shape index (κ1) is 18.1. The number of hydrogen-bond acceptors (Lipinski definition) is 3. The van der Waals surface area contributed by atoms with Gasteiger partial charge in [-0.3, -0.25) is 4.79 Å². The highest BCUT2D eigenvalue weighted by molar-refractivity contribution is 7.89. The van der Waals surface area contributed by atoms with Crippen molar-refractivity contribution in [2.45, 2.75) is 24.4 Å². The Morgan fingerprint density at radius 3 is 2.31 bits per heavy atom. The number of hydrogen-bond donors (Lipinski definition) is 2. The van der Waals surface area contributed by atoms with Crippen LogP contribution in [0.1, 0.15) is 12.5 Å². The average molecular weight is 368 g/mol. The van der Waals surface area contributed by atoms with Crippen molar-refractivity contribution in [2.75, 3.05) is 0 Å². The normalized spacial score (nSPS) is 12.7. The summed E-state index contributed by atoms with van der Waals surface area (Å²) in [5.74, 6) is -0.377. The van der Waals surface area contributed by atoms with Gasteiger partial charge in [-0.2, -0.15) is 4.72 Å². The number of sulfonamides is 1. The van der Waals surface area contributed by atoms with Crippen LogP contribution >= 0.6 is 0 Å². The molecule has 2 N–H and O–H groups in total. The van der Waals surface area contributed by atoms with Gasteiger partial charge >= 0.3 is 0 Å². The molecule has 3 rings (SSSR count). The van der Waals surface area contributed by atoms with Gasteiger partial charge in [0.2, 0.25) is 15.9 Å². The molecule has 3 aromatic rings. The van der Waals surface area contributed by atoms with Gasteiger partial charge in [0, 0.05) is 6.54 Å². The third-order valence-corrected chi connectivity index (χ3v) is 5.60. The fourth-order valence-corrected chi connectivity index (χ4v) is 3.86. The van der Waals surface area contributed by atoms with Crippen LogP contribution in [-0.4, -0.2) is 20.4 Å². The van der Waals surface area contributed by atoms with E-state index < -0.39 is 16.1 Å². The number of rotatable bonds is 6. The van der Waals surface area contributed by atoms with Crippen molar-refractivity contribution in [3.05, 3.63) is 78.4 Å². The highest BCUT2D eigenvalue weighted by Crippen LogP contribution is 2.19. The molecule has 26 heavy (non-hydrogen) atoms. The van der Waals surface area contributed by atoms with Crippen molar-refractivity contribution in [3.8, 4) is 0 Å². The summed E-state index contributed by atoms with van der Waals surface area (Å²) < 4.78 is 27.6. The Hall–Kier alpha value is -2.70. The molecule has 0 radical (unpaired) electrons. The number of amides is 1. The number of nitrogens with one attached hydrogen (secondary N) is 2. The molecule has 0 spiro atoms. The fraction of sp³-hybridized carbons (Fsp3) is 0.150. The molecule has 0 heterocycles. The van der Waals surface area contributed by atoms with Gasteiger partial charge in [0.25, 0.3) is 0 Å². The summed E-state index contributed by atoms with van der Waals surface area (Å²) >= 11 is 0. The molecule has 5 nitrogen and oxygen atoms in total. The number of benzene rings is 3. The Morgan fingerprint density at radius 1 is 0.923 bits per heavy atom. The van der Waals surface area contributed by atoms with Gasteiger partial charge in [-0.25, -0.2) is 8.42 Å². The molecular formula is C20H20N2O3S. The van der Waals surface area contributed by atoms with Crippen LogP contribution in [0.4, 0.5) is 0 Å². The zero-order valence-electron chi connectivity index (χ0n) is 14.3. The molecule has 0 saturated heterocycles. The lowest BCUT2D eigenvalue weighted by Crippen LogP contribution is -2.44. The summed E-state index contributed by atoms with van der Waals surface area (Å²) in [5, 5.41) is 4.53. The fourth-order valence-electron chi connectivity index (χ4n) is 2.63. The van der Waals surface area contributed by atoms with Crippen LogP contribution < -0.4 is 10.0 Å². The second-order valence-corrected chi connectivity index (χ2v) is 7.77. The van der Waals surface area contributed by atoms with E-state index in [1.165, 1.54) is 6.92 Å². The first-order valence-corrected chi connectivity index (χ1v) is 9.77. The van der Waals surface area contributed by atoms with Crippen LogP contribution in [0.15, 0.2) is 77.7 Å². The van der Waals surface area contributed by atoms with E-state index >= 15 is 0 Å². The van der Waals surface area contributed by atoms with Crippen molar-refractivity contribution in [3.63, 3.8) is 0 Å². The molecule has 6 heteroatoms. The zero-order valence-corrected chi connectivity index (χ0v) is 15.2. The van der Waals surface area contributed by atoms with Gasteiger partial charge in [-0.1, -0.05) is 60.7 Å². The van der Waals surface area contributed by atoms with Crippen molar-refractivity contribution in [2.24, 2.45) is 0 Å². The Morgan fingerprint density at radius 2 is 1.58 bits per heavy atom. The van der Waals surface area contributed by atoms with Crippen LogP contribution in [0.5, 0.6) is 0 Å². The highest BCUT2D eigenvalue weighted by atomic mass is 32.2. The predicted molar refractivity (Wildman–Crippen MR) is 102 cm³/mol. The molecule has 1 unspecified atom stereocenters. The van der Waals surface area contributed by atoms with E-state index in [0.717, 1.165) is 16.3 Å². The maximum absolute atomic E-state index is 12.6.